The molecule has 32 heavy (non-hydrogen) atoms. The second-order valence-electron chi connectivity index (χ2n) is 8.86. The molecular formula is C25H28F6O. The highest BCUT2D eigenvalue weighted by molar-refractivity contribution is 5.66. The quantitative estimate of drug-likeness (QED) is 0.377. The Morgan fingerprint density at radius 2 is 1.56 bits per heavy atom. The molecule has 2 aromatic rings. The summed E-state index contributed by atoms with van der Waals surface area (Å²) in [7, 11) is 0. The van der Waals surface area contributed by atoms with E-state index in [1.807, 2.05) is 0 Å². The molecule has 1 nitrogen and oxygen atoms in total. The van der Waals surface area contributed by atoms with Gasteiger partial charge in [0.05, 0.1) is 5.56 Å². The molecule has 3 rings (SSSR count). The highest BCUT2D eigenvalue weighted by atomic mass is 19.4. The summed E-state index contributed by atoms with van der Waals surface area (Å²) in [6.07, 6.45) is 2.27. The van der Waals surface area contributed by atoms with E-state index in [0.29, 0.717) is 29.5 Å². The minimum Gasteiger partial charge on any atom is -0.403 e. The molecule has 1 aliphatic rings. The van der Waals surface area contributed by atoms with Gasteiger partial charge in [-0.25, -0.2) is 13.2 Å². The maximum Gasteiger partial charge on any atom is 0.573 e. The smallest absolute Gasteiger partial charge is 0.403 e. The Labute approximate surface area is 184 Å². The van der Waals surface area contributed by atoms with Crippen molar-refractivity contribution in [1.29, 1.82) is 0 Å². The van der Waals surface area contributed by atoms with E-state index in [1.54, 1.807) is 0 Å². The second kappa shape index (κ2) is 10.2. The van der Waals surface area contributed by atoms with Crippen molar-refractivity contribution in [1.82, 2.24) is 0 Å². The fourth-order valence-corrected chi connectivity index (χ4v) is 4.48. The van der Waals surface area contributed by atoms with Gasteiger partial charge in [-0.2, -0.15) is 0 Å². The van der Waals surface area contributed by atoms with Crippen LogP contribution in [0, 0.1) is 29.3 Å². The van der Waals surface area contributed by atoms with Crippen LogP contribution in [-0.4, -0.2) is 6.36 Å². The van der Waals surface area contributed by atoms with Gasteiger partial charge in [0.1, 0.15) is 11.6 Å². The number of halogens is 6. The molecule has 0 heterocycles. The third-order valence-corrected chi connectivity index (χ3v) is 6.59. The summed E-state index contributed by atoms with van der Waals surface area (Å²) >= 11 is 0. The van der Waals surface area contributed by atoms with Crippen molar-refractivity contribution in [2.45, 2.75) is 71.1 Å². The molecule has 0 amide bonds. The standard InChI is InChI=1S/C25H28F6O/c1-3-15(2)4-5-16-6-8-17(9-7-16)19-13-21(27)24(22(28)14-19)18-10-11-23(20(26)12-18)32-25(29,30)31/h10-17H,3-9H2,1-2H3. The van der Waals surface area contributed by atoms with Gasteiger partial charge in [0.25, 0.3) is 0 Å². The van der Waals surface area contributed by atoms with Crippen LogP contribution in [0.2, 0.25) is 0 Å². The average Bonchev–Trinajstić information content (AvgIpc) is 2.73. The summed E-state index contributed by atoms with van der Waals surface area (Å²) in [5.74, 6) is -2.70. The number of hydrogen-bond acceptors (Lipinski definition) is 1. The van der Waals surface area contributed by atoms with Crippen molar-refractivity contribution in [3.8, 4) is 16.9 Å². The van der Waals surface area contributed by atoms with Crippen molar-refractivity contribution in [3.05, 3.63) is 53.3 Å². The van der Waals surface area contributed by atoms with Crippen LogP contribution >= 0.6 is 0 Å². The van der Waals surface area contributed by atoms with E-state index < -0.39 is 35.1 Å². The molecule has 7 heteroatoms. The van der Waals surface area contributed by atoms with Crippen LogP contribution < -0.4 is 4.74 Å². The molecule has 1 saturated carbocycles. The molecule has 1 atom stereocenters. The zero-order chi connectivity index (χ0) is 23.5. The van der Waals surface area contributed by atoms with Gasteiger partial charge in [-0.3, -0.25) is 0 Å². The fourth-order valence-electron chi connectivity index (χ4n) is 4.48. The number of hydrogen-bond donors (Lipinski definition) is 0. The molecule has 0 saturated heterocycles. The van der Waals surface area contributed by atoms with Crippen LogP contribution in [0.4, 0.5) is 26.3 Å². The van der Waals surface area contributed by atoms with E-state index in [1.165, 1.54) is 31.4 Å². The van der Waals surface area contributed by atoms with Gasteiger partial charge in [0, 0.05) is 0 Å². The van der Waals surface area contributed by atoms with E-state index in [4.69, 9.17) is 0 Å². The normalized spacial score (nSPS) is 20.2. The number of ether oxygens (including phenoxy) is 1. The van der Waals surface area contributed by atoms with Crippen molar-refractivity contribution in [2.24, 2.45) is 11.8 Å². The van der Waals surface area contributed by atoms with Crippen LogP contribution in [0.5, 0.6) is 5.75 Å². The Morgan fingerprint density at radius 1 is 0.938 bits per heavy atom. The first-order valence-corrected chi connectivity index (χ1v) is 11.1. The molecule has 0 spiro atoms. The van der Waals surface area contributed by atoms with Gasteiger partial charge in [-0.15, -0.1) is 13.2 Å². The van der Waals surface area contributed by atoms with E-state index in [2.05, 4.69) is 18.6 Å². The highest BCUT2D eigenvalue weighted by Crippen LogP contribution is 2.40. The Morgan fingerprint density at radius 3 is 2.09 bits per heavy atom. The van der Waals surface area contributed by atoms with E-state index in [-0.39, 0.29) is 11.5 Å². The lowest BCUT2D eigenvalue weighted by Crippen LogP contribution is -2.18. The summed E-state index contributed by atoms with van der Waals surface area (Å²) in [4.78, 5) is 0. The number of benzene rings is 2. The monoisotopic (exact) mass is 458 g/mol. The highest BCUT2D eigenvalue weighted by Gasteiger charge is 2.32. The predicted molar refractivity (Wildman–Crippen MR) is 112 cm³/mol. The van der Waals surface area contributed by atoms with Crippen LogP contribution in [0.15, 0.2) is 30.3 Å². The molecule has 1 aliphatic carbocycles. The first kappa shape index (κ1) is 24.5. The van der Waals surface area contributed by atoms with Crippen molar-refractivity contribution in [2.75, 3.05) is 0 Å². The number of rotatable bonds is 7. The van der Waals surface area contributed by atoms with Gasteiger partial charge in [0.15, 0.2) is 11.6 Å². The summed E-state index contributed by atoms with van der Waals surface area (Å²) in [5, 5.41) is 0. The topological polar surface area (TPSA) is 9.23 Å². The van der Waals surface area contributed by atoms with Crippen LogP contribution in [0.3, 0.4) is 0 Å². The zero-order valence-electron chi connectivity index (χ0n) is 18.2. The molecule has 0 radical (unpaired) electrons. The first-order chi connectivity index (χ1) is 15.1. The maximum absolute atomic E-state index is 14.8. The minimum absolute atomic E-state index is 0.0622. The molecule has 1 unspecified atom stereocenters. The third-order valence-electron chi connectivity index (χ3n) is 6.59. The van der Waals surface area contributed by atoms with Gasteiger partial charge < -0.3 is 4.74 Å². The summed E-state index contributed by atoms with van der Waals surface area (Å²) < 4.78 is 84.1. The molecule has 1 fully saturated rings. The van der Waals surface area contributed by atoms with Gasteiger partial charge >= 0.3 is 6.36 Å². The Kier molecular flexibility index (Phi) is 7.78. The van der Waals surface area contributed by atoms with Crippen molar-refractivity contribution >= 4 is 0 Å². The first-order valence-electron chi connectivity index (χ1n) is 11.1. The third kappa shape index (κ3) is 6.20. The molecule has 2 aromatic carbocycles. The second-order valence-corrected chi connectivity index (χ2v) is 8.86. The van der Waals surface area contributed by atoms with Gasteiger partial charge in [-0.1, -0.05) is 39.2 Å². The zero-order valence-corrected chi connectivity index (χ0v) is 18.2. The van der Waals surface area contributed by atoms with Gasteiger partial charge in [0.2, 0.25) is 0 Å². The summed E-state index contributed by atoms with van der Waals surface area (Å²) in [6, 6.07) is 4.89. The van der Waals surface area contributed by atoms with Crippen LogP contribution in [-0.2, 0) is 0 Å². The van der Waals surface area contributed by atoms with Crippen LogP contribution in [0.1, 0.15) is 70.3 Å². The van der Waals surface area contributed by atoms with Crippen molar-refractivity contribution < 1.29 is 31.1 Å². The lowest BCUT2D eigenvalue weighted by molar-refractivity contribution is -0.275. The number of alkyl halides is 3. The van der Waals surface area contributed by atoms with E-state index >= 15 is 0 Å². The Bertz CT molecular complexity index is 892. The maximum atomic E-state index is 14.8. The molecule has 0 bridgehead atoms. The lowest BCUT2D eigenvalue weighted by atomic mass is 9.76. The Hall–Kier alpha value is -2.18. The van der Waals surface area contributed by atoms with E-state index in [0.717, 1.165) is 31.7 Å². The van der Waals surface area contributed by atoms with Crippen LogP contribution in [0.25, 0.3) is 11.1 Å². The molecule has 0 N–H and O–H groups in total. The summed E-state index contributed by atoms with van der Waals surface area (Å²) in [5.41, 5.74) is -0.0811. The van der Waals surface area contributed by atoms with E-state index in [9.17, 15) is 26.3 Å². The largest absolute Gasteiger partial charge is 0.573 e. The summed E-state index contributed by atoms with van der Waals surface area (Å²) in [6.45, 7) is 4.44. The molecule has 0 aliphatic heterocycles. The minimum atomic E-state index is -5.06. The SMILES string of the molecule is CCC(C)CCC1CCC(c2cc(F)c(-c3ccc(OC(F)(F)F)c(F)c3)c(F)c2)CC1. The predicted octanol–water partition coefficient (Wildman–Crippen LogP) is 8.77. The average molecular weight is 458 g/mol. The lowest BCUT2D eigenvalue weighted by Gasteiger charge is -2.29. The molecule has 0 aromatic heterocycles. The molecular weight excluding hydrogens is 430 g/mol. The Balaban J connectivity index is 1.72. The fraction of sp³-hybridized carbons (Fsp3) is 0.520. The van der Waals surface area contributed by atoms with Gasteiger partial charge in [-0.05, 0) is 78.8 Å². The molecule has 176 valence electrons. The van der Waals surface area contributed by atoms with Crippen molar-refractivity contribution in [3.63, 3.8) is 0 Å².